The molecule has 0 radical (unpaired) electrons. The Morgan fingerprint density at radius 3 is 1.72 bits per heavy atom. The molecular formula is C20H36N4O8. The highest BCUT2D eigenvalue weighted by molar-refractivity contribution is 5.94. The van der Waals surface area contributed by atoms with Crippen molar-refractivity contribution in [3.8, 4) is 0 Å². The lowest BCUT2D eigenvalue weighted by Gasteiger charge is -2.28. The second-order valence-corrected chi connectivity index (χ2v) is 8.53. The van der Waals surface area contributed by atoms with Gasteiger partial charge in [-0.1, -0.05) is 27.7 Å². The number of hydrogen-bond acceptors (Lipinski definition) is 7. The third-order valence-corrected chi connectivity index (χ3v) is 4.64. The van der Waals surface area contributed by atoms with Gasteiger partial charge in [0.1, 0.15) is 18.1 Å². The van der Waals surface area contributed by atoms with Crippen LogP contribution in [0, 0.1) is 11.8 Å². The van der Waals surface area contributed by atoms with Crippen LogP contribution in [0.2, 0.25) is 0 Å². The molecule has 5 atom stereocenters. The molecular weight excluding hydrogens is 424 g/mol. The van der Waals surface area contributed by atoms with E-state index in [1.165, 1.54) is 6.92 Å². The Labute approximate surface area is 187 Å². The summed E-state index contributed by atoms with van der Waals surface area (Å²) < 4.78 is 0. The highest BCUT2D eigenvalue weighted by Crippen LogP contribution is 2.09. The second kappa shape index (κ2) is 13.6. The Morgan fingerprint density at radius 1 is 0.812 bits per heavy atom. The van der Waals surface area contributed by atoms with Gasteiger partial charge in [-0.2, -0.15) is 0 Å². The van der Waals surface area contributed by atoms with Crippen LogP contribution in [-0.2, 0) is 24.0 Å². The van der Waals surface area contributed by atoms with Gasteiger partial charge < -0.3 is 37.0 Å². The Hall–Kier alpha value is -2.73. The number of carbonyl (C=O) groups excluding carboxylic acids is 3. The van der Waals surface area contributed by atoms with Gasteiger partial charge in [-0.05, 0) is 31.6 Å². The molecule has 0 aliphatic rings. The fraction of sp³-hybridized carbons (Fsp3) is 0.750. The molecule has 0 fully saturated rings. The van der Waals surface area contributed by atoms with Crippen molar-refractivity contribution < 1.29 is 39.3 Å². The smallest absolute Gasteiger partial charge is 0.326 e. The number of nitrogens with two attached hydrogens (primary N) is 1. The summed E-state index contributed by atoms with van der Waals surface area (Å²) in [4.78, 5) is 59.6. The SMILES string of the molecule is CC(C)CC(NC(=O)C(NC(=O)C(NC(=O)C(N)CCC(=O)O)C(C)O)C(C)C)C(=O)O. The van der Waals surface area contributed by atoms with E-state index in [0.717, 1.165) is 0 Å². The summed E-state index contributed by atoms with van der Waals surface area (Å²) in [5.74, 6) is -5.19. The number of aliphatic carboxylic acids is 2. The van der Waals surface area contributed by atoms with Gasteiger partial charge in [0, 0.05) is 6.42 Å². The molecule has 184 valence electrons. The minimum absolute atomic E-state index is 0.00339. The minimum Gasteiger partial charge on any atom is -0.481 e. The summed E-state index contributed by atoms with van der Waals surface area (Å²) >= 11 is 0. The van der Waals surface area contributed by atoms with Crippen molar-refractivity contribution in [1.29, 1.82) is 0 Å². The fourth-order valence-electron chi connectivity index (χ4n) is 2.81. The first-order valence-corrected chi connectivity index (χ1v) is 10.5. The van der Waals surface area contributed by atoms with Crippen molar-refractivity contribution in [3.05, 3.63) is 0 Å². The Kier molecular flexibility index (Phi) is 12.5. The molecule has 0 aromatic carbocycles. The molecule has 0 rings (SSSR count). The Bertz CT molecular complexity index is 681. The number of hydrogen-bond donors (Lipinski definition) is 7. The molecule has 0 aromatic heterocycles. The topological polar surface area (TPSA) is 208 Å². The van der Waals surface area contributed by atoms with E-state index in [1.54, 1.807) is 27.7 Å². The molecule has 0 spiro atoms. The number of nitrogens with one attached hydrogen (secondary N) is 3. The molecule has 0 heterocycles. The molecule has 0 bridgehead atoms. The first kappa shape index (κ1) is 29.3. The van der Waals surface area contributed by atoms with E-state index >= 15 is 0 Å². The maximum Gasteiger partial charge on any atom is 0.326 e. The third-order valence-electron chi connectivity index (χ3n) is 4.64. The molecule has 5 unspecified atom stereocenters. The molecule has 0 aliphatic carbocycles. The van der Waals surface area contributed by atoms with Crippen LogP contribution in [0.4, 0.5) is 0 Å². The summed E-state index contributed by atoms with van der Waals surface area (Å²) in [7, 11) is 0. The molecule has 8 N–H and O–H groups in total. The lowest BCUT2D eigenvalue weighted by Crippen LogP contribution is -2.60. The van der Waals surface area contributed by atoms with E-state index in [0.29, 0.717) is 0 Å². The monoisotopic (exact) mass is 460 g/mol. The van der Waals surface area contributed by atoms with Crippen molar-refractivity contribution >= 4 is 29.7 Å². The molecule has 32 heavy (non-hydrogen) atoms. The fourth-order valence-corrected chi connectivity index (χ4v) is 2.81. The van der Waals surface area contributed by atoms with Crippen LogP contribution in [0.5, 0.6) is 0 Å². The molecule has 0 saturated heterocycles. The number of carboxylic acids is 2. The summed E-state index contributed by atoms with van der Waals surface area (Å²) in [6.45, 7) is 8.14. The average molecular weight is 461 g/mol. The first-order valence-electron chi connectivity index (χ1n) is 10.5. The van der Waals surface area contributed by atoms with Crippen molar-refractivity contribution in [3.63, 3.8) is 0 Å². The maximum absolute atomic E-state index is 12.7. The van der Waals surface area contributed by atoms with Crippen molar-refractivity contribution in [2.75, 3.05) is 0 Å². The summed E-state index contributed by atoms with van der Waals surface area (Å²) in [5.41, 5.74) is 5.63. The van der Waals surface area contributed by atoms with E-state index in [1.807, 2.05) is 0 Å². The van der Waals surface area contributed by atoms with E-state index in [4.69, 9.17) is 10.8 Å². The Morgan fingerprint density at radius 2 is 1.31 bits per heavy atom. The van der Waals surface area contributed by atoms with E-state index in [9.17, 15) is 34.2 Å². The highest BCUT2D eigenvalue weighted by Gasteiger charge is 2.33. The van der Waals surface area contributed by atoms with Gasteiger partial charge in [0.15, 0.2) is 0 Å². The Balaban J connectivity index is 5.31. The van der Waals surface area contributed by atoms with Crippen LogP contribution in [0.15, 0.2) is 0 Å². The largest absolute Gasteiger partial charge is 0.481 e. The van der Waals surface area contributed by atoms with Gasteiger partial charge >= 0.3 is 11.9 Å². The van der Waals surface area contributed by atoms with Crippen molar-refractivity contribution in [1.82, 2.24) is 16.0 Å². The van der Waals surface area contributed by atoms with Crippen LogP contribution in [0.1, 0.15) is 53.9 Å². The minimum atomic E-state index is -1.46. The normalized spacial score (nSPS) is 15.9. The van der Waals surface area contributed by atoms with Gasteiger partial charge in [0.2, 0.25) is 17.7 Å². The summed E-state index contributed by atoms with van der Waals surface area (Å²) in [5, 5.41) is 35.1. The zero-order valence-corrected chi connectivity index (χ0v) is 19.1. The van der Waals surface area contributed by atoms with Gasteiger partial charge in [-0.3, -0.25) is 19.2 Å². The third kappa shape index (κ3) is 10.5. The second-order valence-electron chi connectivity index (χ2n) is 8.53. The van der Waals surface area contributed by atoms with E-state index < -0.39 is 65.8 Å². The number of carboxylic acid groups (broad SMARTS) is 2. The van der Waals surface area contributed by atoms with Gasteiger partial charge in [-0.25, -0.2) is 4.79 Å². The highest BCUT2D eigenvalue weighted by atomic mass is 16.4. The van der Waals surface area contributed by atoms with Gasteiger partial charge in [0.25, 0.3) is 0 Å². The quantitative estimate of drug-likeness (QED) is 0.166. The number of amides is 3. The number of carbonyl (C=O) groups is 5. The number of rotatable bonds is 14. The van der Waals surface area contributed by atoms with Gasteiger partial charge in [0.05, 0.1) is 12.1 Å². The van der Waals surface area contributed by atoms with Crippen LogP contribution < -0.4 is 21.7 Å². The number of aliphatic hydroxyl groups is 1. The summed E-state index contributed by atoms with van der Waals surface area (Å²) in [6.07, 6.45) is -1.68. The van der Waals surface area contributed by atoms with Crippen molar-refractivity contribution in [2.45, 2.75) is 84.2 Å². The lowest BCUT2D eigenvalue weighted by molar-refractivity contribution is -0.143. The molecule has 3 amide bonds. The van der Waals surface area contributed by atoms with E-state index in [2.05, 4.69) is 16.0 Å². The summed E-state index contributed by atoms with van der Waals surface area (Å²) in [6, 6.07) is -4.94. The molecule has 0 saturated carbocycles. The van der Waals surface area contributed by atoms with Crippen LogP contribution in [0.3, 0.4) is 0 Å². The predicted octanol–water partition coefficient (Wildman–Crippen LogP) is -1.20. The molecule has 12 nitrogen and oxygen atoms in total. The van der Waals surface area contributed by atoms with E-state index in [-0.39, 0.29) is 25.2 Å². The predicted molar refractivity (Wildman–Crippen MR) is 114 cm³/mol. The average Bonchev–Trinajstić information content (AvgIpc) is 2.66. The van der Waals surface area contributed by atoms with Crippen LogP contribution in [0.25, 0.3) is 0 Å². The molecule has 0 aromatic rings. The molecule has 0 aliphatic heterocycles. The van der Waals surface area contributed by atoms with Crippen LogP contribution in [-0.4, -0.2) is 75.3 Å². The standard InChI is InChI=1S/C20H36N4O8/c1-9(2)8-13(20(31)32)22-18(29)15(10(3)4)23-19(30)16(11(5)25)24-17(28)12(21)6-7-14(26)27/h9-13,15-16,25H,6-8,21H2,1-5H3,(H,22,29)(H,23,30)(H,24,28)(H,26,27)(H,31,32). The lowest BCUT2D eigenvalue weighted by atomic mass is 9.99. The van der Waals surface area contributed by atoms with Gasteiger partial charge in [-0.15, -0.1) is 0 Å². The molecule has 12 heteroatoms. The van der Waals surface area contributed by atoms with Crippen molar-refractivity contribution in [2.24, 2.45) is 17.6 Å². The maximum atomic E-state index is 12.7. The zero-order valence-electron chi connectivity index (χ0n) is 19.1. The number of aliphatic hydroxyl groups excluding tert-OH is 1. The first-order chi connectivity index (χ1) is 14.7. The zero-order chi connectivity index (χ0) is 25.2. The van der Waals surface area contributed by atoms with Crippen LogP contribution >= 0.6 is 0 Å².